The van der Waals surface area contributed by atoms with Crippen LogP contribution in [-0.4, -0.2) is 5.97 Å². The van der Waals surface area contributed by atoms with Crippen molar-refractivity contribution in [1.29, 1.82) is 0 Å². The molecule has 0 aromatic heterocycles. The summed E-state index contributed by atoms with van der Waals surface area (Å²) in [4.78, 5) is 10.7. The maximum Gasteiger partial charge on any atom is 1.00 e. The van der Waals surface area contributed by atoms with E-state index >= 15 is 0 Å². The van der Waals surface area contributed by atoms with E-state index in [1.165, 1.54) is 0 Å². The molecule has 2 aromatic carbocycles. The number of aliphatic carboxylic acids is 1. The number of benzene rings is 2. The van der Waals surface area contributed by atoms with Crippen LogP contribution in [0.2, 0.25) is 10.0 Å². The van der Waals surface area contributed by atoms with E-state index in [0.717, 1.165) is 16.7 Å². The monoisotopic (exact) mass is 316 g/mol. The zero-order valence-electron chi connectivity index (χ0n) is 11.0. The van der Waals surface area contributed by atoms with Crippen molar-refractivity contribution in [2.24, 2.45) is 0 Å². The third kappa shape index (κ3) is 4.51. The normalized spacial score (nSPS) is 9.90. The summed E-state index contributed by atoms with van der Waals surface area (Å²) in [5.41, 5.74) is 2.41. The second kappa shape index (κ2) is 8.06. The van der Waals surface area contributed by atoms with Crippen molar-refractivity contribution in [3.8, 4) is 0 Å². The van der Waals surface area contributed by atoms with E-state index in [9.17, 15) is 9.90 Å². The Bertz CT molecular complexity index is 594. The molecule has 0 bridgehead atoms. The molecule has 2 aromatic rings. The minimum Gasteiger partial charge on any atom is -0.550 e. The molecule has 2 nitrogen and oxygen atoms in total. The van der Waals surface area contributed by atoms with Crippen molar-refractivity contribution in [3.63, 3.8) is 0 Å². The molecule has 0 fully saturated rings. The molecular formula is C15H11Cl2NaO2. The molecule has 5 heteroatoms. The van der Waals surface area contributed by atoms with E-state index < -0.39 is 5.97 Å². The van der Waals surface area contributed by atoms with Crippen LogP contribution in [0.1, 0.15) is 16.7 Å². The minimum atomic E-state index is -1.10. The van der Waals surface area contributed by atoms with E-state index in [1.54, 1.807) is 30.3 Å². The third-order valence-corrected chi connectivity index (χ3v) is 3.59. The first-order chi connectivity index (χ1) is 9.08. The van der Waals surface area contributed by atoms with E-state index in [4.69, 9.17) is 23.2 Å². The molecule has 0 saturated heterocycles. The van der Waals surface area contributed by atoms with Gasteiger partial charge in [0.15, 0.2) is 0 Å². The van der Waals surface area contributed by atoms with Gasteiger partial charge >= 0.3 is 29.6 Å². The Balaban J connectivity index is 0.00000200. The Hall–Kier alpha value is -0.510. The fourth-order valence-electron chi connectivity index (χ4n) is 1.95. The molecule has 0 N–H and O–H groups in total. The van der Waals surface area contributed by atoms with Crippen molar-refractivity contribution in [2.75, 3.05) is 0 Å². The Morgan fingerprint density at radius 1 is 0.950 bits per heavy atom. The van der Waals surface area contributed by atoms with Crippen LogP contribution in [0.5, 0.6) is 0 Å². The van der Waals surface area contributed by atoms with Crippen molar-refractivity contribution >= 4 is 29.2 Å². The maximum absolute atomic E-state index is 10.7. The predicted molar refractivity (Wildman–Crippen MR) is 74.4 cm³/mol. The predicted octanol–water partition coefficient (Wildman–Crippen LogP) is -0.119. The molecule has 2 rings (SSSR count). The van der Waals surface area contributed by atoms with E-state index in [1.807, 2.05) is 12.1 Å². The van der Waals surface area contributed by atoms with Gasteiger partial charge < -0.3 is 9.90 Å². The summed E-state index contributed by atoms with van der Waals surface area (Å²) >= 11 is 12.2. The molecular weight excluding hydrogens is 306 g/mol. The Morgan fingerprint density at radius 3 is 2.05 bits per heavy atom. The van der Waals surface area contributed by atoms with Crippen molar-refractivity contribution in [2.45, 2.75) is 12.8 Å². The summed E-state index contributed by atoms with van der Waals surface area (Å²) in [6.45, 7) is 0. The molecule has 0 atom stereocenters. The van der Waals surface area contributed by atoms with E-state index in [-0.39, 0.29) is 36.0 Å². The second-order valence-corrected chi connectivity index (χ2v) is 5.01. The molecule has 0 aliphatic heterocycles. The molecule has 20 heavy (non-hydrogen) atoms. The maximum atomic E-state index is 10.7. The van der Waals surface area contributed by atoms with E-state index in [2.05, 4.69) is 0 Å². The van der Waals surface area contributed by atoms with Gasteiger partial charge in [-0.2, -0.15) is 0 Å². The van der Waals surface area contributed by atoms with Crippen LogP contribution in [0.4, 0.5) is 0 Å². The van der Waals surface area contributed by atoms with E-state index in [0.29, 0.717) is 16.5 Å². The van der Waals surface area contributed by atoms with Crippen LogP contribution in [0.25, 0.3) is 0 Å². The number of carbonyl (C=O) groups is 1. The zero-order valence-corrected chi connectivity index (χ0v) is 14.5. The van der Waals surface area contributed by atoms with Gasteiger partial charge in [0.25, 0.3) is 0 Å². The first-order valence-corrected chi connectivity index (χ1v) is 6.53. The van der Waals surface area contributed by atoms with Gasteiger partial charge in [-0.3, -0.25) is 0 Å². The molecule has 0 amide bonds. The Morgan fingerprint density at radius 2 is 1.50 bits per heavy atom. The summed E-state index contributed by atoms with van der Waals surface area (Å²) in [7, 11) is 0. The van der Waals surface area contributed by atoms with Gasteiger partial charge in [-0.05, 0) is 28.8 Å². The average Bonchev–Trinajstić information content (AvgIpc) is 2.35. The van der Waals surface area contributed by atoms with Gasteiger partial charge in [0.2, 0.25) is 0 Å². The topological polar surface area (TPSA) is 40.1 Å². The average molecular weight is 317 g/mol. The van der Waals surface area contributed by atoms with Gasteiger partial charge in [0, 0.05) is 28.9 Å². The van der Waals surface area contributed by atoms with Crippen molar-refractivity contribution in [3.05, 3.63) is 69.2 Å². The van der Waals surface area contributed by atoms with Gasteiger partial charge in [-0.25, -0.2) is 0 Å². The number of rotatable bonds is 4. The standard InChI is InChI=1S/C15H12Cl2O2.Na/c16-13-6-3-7-14(17)12(13)8-10-4-1-2-5-11(10)9-15(18)19;/h1-7H,8-9H2,(H,18,19);/q;+1/p-1. The van der Waals surface area contributed by atoms with Crippen molar-refractivity contribution in [1.82, 2.24) is 0 Å². The number of carbonyl (C=O) groups excluding carboxylic acids is 1. The number of carboxylic acids is 1. The summed E-state index contributed by atoms with van der Waals surface area (Å²) in [6, 6.07) is 12.6. The number of hydrogen-bond donors (Lipinski definition) is 0. The molecule has 0 radical (unpaired) electrons. The van der Waals surface area contributed by atoms with Crippen LogP contribution < -0.4 is 34.7 Å². The van der Waals surface area contributed by atoms with Gasteiger partial charge in [-0.1, -0.05) is 53.5 Å². The Kier molecular flexibility index (Phi) is 7.07. The van der Waals surface area contributed by atoms with Crippen LogP contribution in [-0.2, 0) is 17.6 Å². The summed E-state index contributed by atoms with van der Waals surface area (Å²) in [5, 5.41) is 11.9. The summed E-state index contributed by atoms with van der Waals surface area (Å²) < 4.78 is 0. The first-order valence-electron chi connectivity index (χ1n) is 5.77. The van der Waals surface area contributed by atoms with Crippen LogP contribution in [0.15, 0.2) is 42.5 Å². The largest absolute Gasteiger partial charge is 1.00 e. The SMILES string of the molecule is O=C([O-])Cc1ccccc1Cc1c(Cl)cccc1Cl.[Na+]. The smallest absolute Gasteiger partial charge is 0.550 e. The number of carboxylic acid groups (broad SMARTS) is 1. The van der Waals surface area contributed by atoms with Crippen molar-refractivity contribution < 1.29 is 39.5 Å². The van der Waals surface area contributed by atoms with Gasteiger partial charge in [0.1, 0.15) is 0 Å². The molecule has 0 saturated carbocycles. The number of halogens is 2. The fourth-order valence-corrected chi connectivity index (χ4v) is 2.48. The quantitative estimate of drug-likeness (QED) is 0.738. The molecule has 0 heterocycles. The molecule has 0 spiro atoms. The summed E-state index contributed by atoms with van der Waals surface area (Å²) in [6.07, 6.45) is 0.389. The van der Waals surface area contributed by atoms with Crippen LogP contribution in [0.3, 0.4) is 0 Å². The molecule has 0 aliphatic rings. The molecule has 0 aliphatic carbocycles. The second-order valence-electron chi connectivity index (χ2n) is 4.19. The van der Waals surface area contributed by atoms with Crippen LogP contribution >= 0.6 is 23.2 Å². The Labute approximate surface area is 150 Å². The summed E-state index contributed by atoms with van der Waals surface area (Å²) in [5.74, 6) is -1.10. The first kappa shape index (κ1) is 17.5. The van der Waals surface area contributed by atoms with Crippen LogP contribution in [0, 0.1) is 0 Å². The fraction of sp³-hybridized carbons (Fsp3) is 0.133. The zero-order chi connectivity index (χ0) is 13.8. The third-order valence-electron chi connectivity index (χ3n) is 2.88. The minimum absolute atomic E-state index is 0. The molecule has 0 unspecified atom stereocenters. The van der Waals surface area contributed by atoms with Gasteiger partial charge in [0.05, 0.1) is 0 Å². The number of hydrogen-bond acceptors (Lipinski definition) is 2. The molecule has 98 valence electrons. The van der Waals surface area contributed by atoms with Gasteiger partial charge in [-0.15, -0.1) is 0 Å².